The van der Waals surface area contributed by atoms with E-state index >= 15 is 0 Å². The smallest absolute Gasteiger partial charge is 0.392 e. The number of rotatable bonds is 5. The minimum absolute atomic E-state index is 0.0146. The van der Waals surface area contributed by atoms with Crippen molar-refractivity contribution in [1.29, 1.82) is 0 Å². The number of alkyl halides is 3. The molecule has 0 aliphatic rings. The third-order valence-corrected chi connectivity index (χ3v) is 3.14. The maximum atomic E-state index is 12.9. The lowest BCUT2D eigenvalue weighted by Gasteiger charge is -2.24. The van der Waals surface area contributed by atoms with E-state index in [1.807, 2.05) is 0 Å². The molecule has 0 aliphatic heterocycles. The summed E-state index contributed by atoms with van der Waals surface area (Å²) in [6.45, 7) is 5.52. The average Bonchev–Trinajstić information content (AvgIpc) is 2.38. The fraction of sp³-hybridized carbons (Fsp3) is 0.400. The summed E-state index contributed by atoms with van der Waals surface area (Å²) in [5, 5.41) is 0. The van der Waals surface area contributed by atoms with Crippen LogP contribution in [-0.2, 0) is 9.53 Å². The second kappa shape index (κ2) is 6.74. The molecule has 0 saturated carbocycles. The Kier molecular flexibility index (Phi) is 5.52. The van der Waals surface area contributed by atoms with Gasteiger partial charge in [0.2, 0.25) is 0 Å². The van der Waals surface area contributed by atoms with Gasteiger partial charge in [-0.1, -0.05) is 37.8 Å². The van der Waals surface area contributed by atoms with Crippen molar-refractivity contribution < 1.29 is 27.1 Å². The van der Waals surface area contributed by atoms with E-state index < -0.39 is 29.8 Å². The van der Waals surface area contributed by atoms with E-state index in [0.29, 0.717) is 0 Å². The van der Waals surface area contributed by atoms with E-state index in [1.54, 1.807) is 0 Å². The Morgan fingerprint density at radius 2 is 1.81 bits per heavy atom. The molecule has 1 aromatic carbocycles. The highest BCUT2D eigenvalue weighted by Gasteiger charge is 2.45. The number of hydrogen-bond donors (Lipinski definition) is 0. The molecule has 21 heavy (non-hydrogen) atoms. The molecule has 0 spiro atoms. The first-order valence-corrected chi connectivity index (χ1v) is 6.36. The molecular weight excluding hydrogens is 288 g/mol. The second-order valence-electron chi connectivity index (χ2n) is 4.59. The van der Waals surface area contributed by atoms with E-state index in [4.69, 9.17) is 4.74 Å². The van der Waals surface area contributed by atoms with Crippen LogP contribution < -0.4 is 0 Å². The van der Waals surface area contributed by atoms with Crippen LogP contribution in [0, 0.1) is 5.92 Å². The van der Waals surface area contributed by atoms with Gasteiger partial charge in [-0.05, 0) is 12.5 Å². The first-order valence-electron chi connectivity index (χ1n) is 6.36. The van der Waals surface area contributed by atoms with Gasteiger partial charge in [-0.25, -0.2) is 4.39 Å². The second-order valence-corrected chi connectivity index (χ2v) is 4.59. The highest BCUT2D eigenvalue weighted by Crippen LogP contribution is 2.38. The molecule has 1 aromatic rings. The van der Waals surface area contributed by atoms with Gasteiger partial charge in [0, 0.05) is 5.56 Å². The summed E-state index contributed by atoms with van der Waals surface area (Å²) in [5.74, 6) is -5.03. The van der Waals surface area contributed by atoms with Crippen LogP contribution >= 0.6 is 0 Å². The van der Waals surface area contributed by atoms with Gasteiger partial charge in [0.1, 0.15) is 5.83 Å². The largest absolute Gasteiger partial charge is 0.466 e. The van der Waals surface area contributed by atoms with Crippen molar-refractivity contribution in [3.8, 4) is 0 Å². The van der Waals surface area contributed by atoms with Gasteiger partial charge in [-0.3, -0.25) is 4.79 Å². The minimum atomic E-state index is -4.54. The van der Waals surface area contributed by atoms with E-state index in [-0.39, 0.29) is 17.7 Å². The maximum Gasteiger partial charge on any atom is 0.392 e. The lowest BCUT2D eigenvalue weighted by Crippen LogP contribution is -2.32. The van der Waals surface area contributed by atoms with Crippen LogP contribution in [0.1, 0.15) is 30.9 Å². The predicted molar refractivity (Wildman–Crippen MR) is 71.2 cm³/mol. The zero-order chi connectivity index (χ0) is 16.2. The number of benzene rings is 1. The number of carbonyl (C=O) groups excluding carboxylic acids is 1. The van der Waals surface area contributed by atoms with E-state index in [2.05, 4.69) is 6.58 Å². The topological polar surface area (TPSA) is 26.3 Å². The fourth-order valence-electron chi connectivity index (χ4n) is 1.92. The van der Waals surface area contributed by atoms with Crippen LogP contribution in [-0.4, -0.2) is 18.8 Å². The molecule has 0 saturated heterocycles. The lowest BCUT2D eigenvalue weighted by atomic mass is 9.86. The van der Waals surface area contributed by atoms with Crippen LogP contribution in [0.3, 0.4) is 0 Å². The van der Waals surface area contributed by atoms with E-state index in [0.717, 1.165) is 6.92 Å². The van der Waals surface area contributed by atoms with Crippen molar-refractivity contribution in [2.24, 2.45) is 5.92 Å². The van der Waals surface area contributed by atoms with Crippen molar-refractivity contribution in [3.63, 3.8) is 0 Å². The van der Waals surface area contributed by atoms with Gasteiger partial charge in [-0.2, -0.15) is 13.2 Å². The van der Waals surface area contributed by atoms with Crippen LogP contribution in [0.5, 0.6) is 0 Å². The number of esters is 1. The molecule has 2 nitrogen and oxygen atoms in total. The normalized spacial score (nSPS) is 14.4. The Bertz CT molecular complexity index is 505. The summed E-state index contributed by atoms with van der Waals surface area (Å²) in [7, 11) is 0. The number of ether oxygens (including phenoxy) is 1. The summed E-state index contributed by atoms with van der Waals surface area (Å²) < 4.78 is 56.4. The molecule has 0 amide bonds. The molecule has 2 atom stereocenters. The van der Waals surface area contributed by atoms with Crippen molar-refractivity contribution in [2.45, 2.75) is 25.9 Å². The molecule has 116 valence electrons. The van der Waals surface area contributed by atoms with Gasteiger partial charge in [-0.15, -0.1) is 0 Å². The van der Waals surface area contributed by atoms with Gasteiger partial charge in [0.05, 0.1) is 18.4 Å². The zero-order valence-corrected chi connectivity index (χ0v) is 11.7. The SMILES string of the molecule is C=C(F)c1ccc(C(C(=O)OCC)C(C)C(F)(F)F)cc1. The lowest BCUT2D eigenvalue weighted by molar-refractivity contribution is -0.185. The van der Waals surface area contributed by atoms with Gasteiger partial charge in [0.25, 0.3) is 0 Å². The molecule has 0 N–H and O–H groups in total. The summed E-state index contributed by atoms with van der Waals surface area (Å²) in [5.41, 5.74) is 0.282. The third kappa shape index (κ3) is 4.31. The molecule has 0 aromatic heterocycles. The molecule has 0 radical (unpaired) electrons. The van der Waals surface area contributed by atoms with E-state index in [1.165, 1.54) is 31.2 Å². The van der Waals surface area contributed by atoms with Gasteiger partial charge in [0.15, 0.2) is 0 Å². The van der Waals surface area contributed by atoms with Crippen molar-refractivity contribution in [2.75, 3.05) is 6.61 Å². The molecule has 0 aliphatic carbocycles. The number of hydrogen-bond acceptors (Lipinski definition) is 2. The molecule has 0 fully saturated rings. The Morgan fingerprint density at radius 3 is 2.19 bits per heavy atom. The van der Waals surface area contributed by atoms with E-state index in [9.17, 15) is 22.4 Å². The third-order valence-electron chi connectivity index (χ3n) is 3.14. The zero-order valence-electron chi connectivity index (χ0n) is 11.7. The highest BCUT2D eigenvalue weighted by molar-refractivity contribution is 5.79. The Morgan fingerprint density at radius 1 is 1.29 bits per heavy atom. The summed E-state index contributed by atoms with van der Waals surface area (Å²) in [6, 6.07) is 5.13. The Hall–Kier alpha value is -1.85. The quantitative estimate of drug-likeness (QED) is 0.592. The fourth-order valence-corrected chi connectivity index (χ4v) is 1.92. The minimum Gasteiger partial charge on any atom is -0.466 e. The molecule has 6 heteroatoms. The predicted octanol–water partition coefficient (Wildman–Crippen LogP) is 4.47. The standard InChI is InChI=1S/C15H16F4O2/c1-4-21-14(20)13(9(2)15(17,18)19)12-7-5-11(6-8-12)10(3)16/h5-9,13H,3-4H2,1-2H3. The molecule has 1 rings (SSSR count). The van der Waals surface area contributed by atoms with Crippen LogP contribution in [0.15, 0.2) is 30.8 Å². The van der Waals surface area contributed by atoms with Crippen molar-refractivity contribution >= 4 is 11.8 Å². The number of halogens is 4. The average molecular weight is 304 g/mol. The van der Waals surface area contributed by atoms with Crippen molar-refractivity contribution in [3.05, 3.63) is 42.0 Å². The van der Waals surface area contributed by atoms with Gasteiger partial charge < -0.3 is 4.74 Å². The summed E-state index contributed by atoms with van der Waals surface area (Å²) in [6.07, 6.45) is -4.54. The Labute approximate surface area is 120 Å². The first kappa shape index (κ1) is 17.2. The van der Waals surface area contributed by atoms with Crippen molar-refractivity contribution in [1.82, 2.24) is 0 Å². The summed E-state index contributed by atoms with van der Waals surface area (Å²) in [4.78, 5) is 11.8. The molecule has 2 unspecified atom stereocenters. The number of carbonyl (C=O) groups is 1. The highest BCUT2D eigenvalue weighted by atomic mass is 19.4. The Balaban J connectivity index is 3.17. The molecular formula is C15H16F4O2. The summed E-state index contributed by atoms with van der Waals surface area (Å²) >= 11 is 0. The monoisotopic (exact) mass is 304 g/mol. The van der Waals surface area contributed by atoms with Crippen LogP contribution in [0.2, 0.25) is 0 Å². The first-order chi connectivity index (χ1) is 9.68. The molecule has 0 bridgehead atoms. The van der Waals surface area contributed by atoms with Gasteiger partial charge >= 0.3 is 12.1 Å². The maximum absolute atomic E-state index is 12.9. The van der Waals surface area contributed by atoms with Crippen LogP contribution in [0.25, 0.3) is 5.83 Å². The molecule has 0 heterocycles. The van der Waals surface area contributed by atoms with Crippen LogP contribution in [0.4, 0.5) is 17.6 Å².